The Hall–Kier alpha value is -3.17. The van der Waals surface area contributed by atoms with E-state index >= 15 is 0 Å². The Morgan fingerprint density at radius 1 is 1.09 bits per heavy atom. The second kappa shape index (κ2) is 8.64. The van der Waals surface area contributed by atoms with Crippen molar-refractivity contribution >= 4 is 33.3 Å². The summed E-state index contributed by atoms with van der Waals surface area (Å²) in [6, 6.07) is 13.8. The average molecular weight is 476 g/mol. The summed E-state index contributed by atoms with van der Waals surface area (Å²) in [5.74, 6) is 2.76. The van der Waals surface area contributed by atoms with Crippen LogP contribution < -0.4 is 5.56 Å². The van der Waals surface area contributed by atoms with Crippen molar-refractivity contribution in [3.63, 3.8) is 0 Å². The van der Waals surface area contributed by atoms with Crippen molar-refractivity contribution < 1.29 is 4.42 Å². The molecule has 0 unspecified atom stereocenters. The molecule has 7 nitrogen and oxygen atoms in total. The van der Waals surface area contributed by atoms with E-state index in [9.17, 15) is 4.79 Å². The number of nitrogens with zero attached hydrogens (tertiary/aromatic N) is 4. The number of thiophene rings is 1. The summed E-state index contributed by atoms with van der Waals surface area (Å²) in [5, 5.41) is 10.4. The smallest absolute Gasteiger partial charge is 0.259 e. The van der Waals surface area contributed by atoms with Gasteiger partial charge in [-0.05, 0) is 43.4 Å². The minimum absolute atomic E-state index is 0.0305. The van der Waals surface area contributed by atoms with Crippen LogP contribution in [0.15, 0.2) is 63.1 Å². The number of hydrogen-bond acceptors (Lipinski definition) is 7. The molecule has 5 aromatic rings. The lowest BCUT2D eigenvalue weighted by molar-refractivity contribution is 0.485. The van der Waals surface area contributed by atoms with Crippen LogP contribution in [-0.4, -0.2) is 24.7 Å². The molecule has 0 radical (unpaired) electrons. The van der Waals surface area contributed by atoms with Gasteiger partial charge >= 0.3 is 0 Å². The number of aromatic amines is 1. The van der Waals surface area contributed by atoms with Crippen molar-refractivity contribution in [2.75, 3.05) is 0 Å². The number of fused-ring (bicyclic) bond motifs is 3. The first-order valence-corrected chi connectivity index (χ1v) is 12.7. The molecule has 0 bridgehead atoms. The Morgan fingerprint density at radius 3 is 2.82 bits per heavy atom. The van der Waals surface area contributed by atoms with E-state index in [0.717, 1.165) is 51.8 Å². The fourth-order valence-corrected chi connectivity index (χ4v) is 6.40. The van der Waals surface area contributed by atoms with Crippen molar-refractivity contribution in [2.45, 2.75) is 43.1 Å². The molecule has 33 heavy (non-hydrogen) atoms. The van der Waals surface area contributed by atoms with E-state index in [4.69, 9.17) is 9.40 Å². The number of thioether (sulfide) groups is 1. The summed E-state index contributed by atoms with van der Waals surface area (Å²) in [4.78, 5) is 22.8. The van der Waals surface area contributed by atoms with Gasteiger partial charge < -0.3 is 9.40 Å². The third kappa shape index (κ3) is 3.91. The van der Waals surface area contributed by atoms with Gasteiger partial charge in [-0.15, -0.1) is 21.5 Å². The normalized spacial score (nSPS) is 13.5. The van der Waals surface area contributed by atoms with E-state index in [2.05, 4.69) is 15.2 Å². The van der Waals surface area contributed by atoms with Gasteiger partial charge in [-0.1, -0.05) is 42.1 Å². The van der Waals surface area contributed by atoms with Gasteiger partial charge in [0.1, 0.15) is 16.4 Å². The predicted molar refractivity (Wildman–Crippen MR) is 130 cm³/mol. The van der Waals surface area contributed by atoms with Crippen LogP contribution in [0.4, 0.5) is 0 Å². The van der Waals surface area contributed by atoms with Crippen LogP contribution in [0.5, 0.6) is 0 Å². The van der Waals surface area contributed by atoms with E-state index in [0.29, 0.717) is 18.1 Å². The maximum atomic E-state index is 12.9. The fraction of sp³-hybridized carbons (Fsp3) is 0.250. The maximum Gasteiger partial charge on any atom is 0.259 e. The summed E-state index contributed by atoms with van der Waals surface area (Å²) >= 11 is 3.18. The summed E-state index contributed by atoms with van der Waals surface area (Å²) in [7, 11) is 0. The highest BCUT2D eigenvalue weighted by Gasteiger charge is 2.21. The SMILES string of the molecule is O=c1[nH]c(CSc2nnc(-c3ccccc3)n2Cc2ccco2)nc2sc3c(c12)CCCC3. The molecule has 0 saturated heterocycles. The molecule has 166 valence electrons. The maximum absolute atomic E-state index is 12.9. The quantitative estimate of drug-likeness (QED) is 0.346. The van der Waals surface area contributed by atoms with E-state index in [1.807, 2.05) is 47.0 Å². The first-order chi connectivity index (χ1) is 16.3. The highest BCUT2D eigenvalue weighted by Crippen LogP contribution is 2.34. The summed E-state index contributed by atoms with van der Waals surface area (Å²) in [6.45, 7) is 0.521. The number of rotatable bonds is 6. The first-order valence-electron chi connectivity index (χ1n) is 10.9. The molecule has 1 aromatic carbocycles. The van der Waals surface area contributed by atoms with Gasteiger partial charge in [-0.25, -0.2) is 4.98 Å². The molecule has 1 aliphatic rings. The number of aryl methyl sites for hydroxylation is 2. The third-order valence-corrected chi connectivity index (χ3v) is 8.02. The first kappa shape index (κ1) is 20.4. The van der Waals surface area contributed by atoms with Gasteiger partial charge in [0.05, 0.1) is 23.9 Å². The summed E-state index contributed by atoms with van der Waals surface area (Å²) in [6.07, 6.45) is 6.03. The standard InChI is InChI=1S/C24H21N5O2S2/c30-22-20-17-10-4-5-11-18(17)33-23(20)26-19(25-22)14-32-24-28-27-21(15-7-2-1-3-8-15)29(24)13-16-9-6-12-31-16/h1-3,6-9,12H,4-5,10-11,13-14H2,(H,25,26,30). The minimum Gasteiger partial charge on any atom is -0.467 e. The van der Waals surface area contributed by atoms with Gasteiger partial charge in [0.15, 0.2) is 11.0 Å². The Bertz CT molecular complexity index is 1470. The average Bonchev–Trinajstić information content (AvgIpc) is 3.57. The van der Waals surface area contributed by atoms with Gasteiger partial charge in [0.2, 0.25) is 0 Å². The number of H-pyrrole nitrogens is 1. The van der Waals surface area contributed by atoms with Crippen molar-refractivity contribution in [1.82, 2.24) is 24.7 Å². The van der Waals surface area contributed by atoms with Crippen molar-refractivity contribution in [2.24, 2.45) is 0 Å². The third-order valence-electron chi connectivity index (χ3n) is 5.85. The highest BCUT2D eigenvalue weighted by atomic mass is 32.2. The lowest BCUT2D eigenvalue weighted by Gasteiger charge is -2.09. The molecule has 4 aromatic heterocycles. The molecule has 0 aliphatic heterocycles. The fourth-order valence-electron chi connectivity index (χ4n) is 4.31. The molecule has 0 fully saturated rings. The molecule has 4 heterocycles. The summed E-state index contributed by atoms with van der Waals surface area (Å²) in [5.41, 5.74) is 2.16. The molecule has 0 saturated carbocycles. The Morgan fingerprint density at radius 2 is 1.97 bits per heavy atom. The minimum atomic E-state index is -0.0305. The molecular weight excluding hydrogens is 454 g/mol. The van der Waals surface area contributed by atoms with E-state index < -0.39 is 0 Å². The zero-order valence-electron chi connectivity index (χ0n) is 17.8. The van der Waals surface area contributed by atoms with Crippen LogP contribution in [0, 0.1) is 0 Å². The van der Waals surface area contributed by atoms with Crippen molar-refractivity contribution in [3.8, 4) is 11.4 Å². The van der Waals surface area contributed by atoms with E-state index in [1.165, 1.54) is 28.6 Å². The van der Waals surface area contributed by atoms with E-state index in [1.54, 1.807) is 17.6 Å². The van der Waals surface area contributed by atoms with Gasteiger partial charge in [-0.3, -0.25) is 9.36 Å². The van der Waals surface area contributed by atoms with Crippen molar-refractivity contribution in [3.05, 3.63) is 81.1 Å². The van der Waals surface area contributed by atoms with E-state index in [-0.39, 0.29) is 5.56 Å². The van der Waals surface area contributed by atoms with Crippen LogP contribution in [-0.2, 0) is 25.1 Å². The monoisotopic (exact) mass is 475 g/mol. The number of hydrogen-bond donors (Lipinski definition) is 1. The number of furan rings is 1. The molecular formula is C24H21N5O2S2. The van der Waals surface area contributed by atoms with Crippen LogP contribution in [0.2, 0.25) is 0 Å². The summed E-state index contributed by atoms with van der Waals surface area (Å²) < 4.78 is 7.62. The molecule has 0 amide bonds. The Labute approximate surface area is 197 Å². The molecule has 1 N–H and O–H groups in total. The molecule has 1 aliphatic carbocycles. The van der Waals surface area contributed by atoms with Gasteiger partial charge in [0, 0.05) is 10.4 Å². The van der Waals surface area contributed by atoms with Crippen LogP contribution in [0.3, 0.4) is 0 Å². The van der Waals surface area contributed by atoms with Gasteiger partial charge in [-0.2, -0.15) is 0 Å². The lowest BCUT2D eigenvalue weighted by Crippen LogP contribution is -2.12. The Kier molecular flexibility index (Phi) is 5.35. The second-order valence-electron chi connectivity index (χ2n) is 8.03. The van der Waals surface area contributed by atoms with Crippen LogP contribution >= 0.6 is 23.1 Å². The molecule has 6 rings (SSSR count). The zero-order chi connectivity index (χ0) is 22.2. The molecule has 9 heteroatoms. The lowest BCUT2D eigenvalue weighted by atomic mass is 9.97. The topological polar surface area (TPSA) is 89.6 Å². The zero-order valence-corrected chi connectivity index (χ0v) is 19.4. The number of nitrogens with one attached hydrogen (secondary N) is 1. The second-order valence-corrected chi connectivity index (χ2v) is 10.1. The highest BCUT2D eigenvalue weighted by molar-refractivity contribution is 7.98. The molecule has 0 spiro atoms. The van der Waals surface area contributed by atoms with Gasteiger partial charge in [0.25, 0.3) is 5.56 Å². The number of aromatic nitrogens is 5. The largest absolute Gasteiger partial charge is 0.467 e. The van der Waals surface area contributed by atoms with Crippen LogP contribution in [0.25, 0.3) is 21.6 Å². The molecule has 0 atom stereocenters. The number of benzene rings is 1. The van der Waals surface area contributed by atoms with Crippen LogP contribution in [0.1, 0.15) is 34.9 Å². The Balaban J connectivity index is 1.32. The predicted octanol–water partition coefficient (Wildman–Crippen LogP) is 5.06. The van der Waals surface area contributed by atoms with Crippen molar-refractivity contribution in [1.29, 1.82) is 0 Å².